The van der Waals surface area contributed by atoms with E-state index in [1.165, 1.54) is 31.4 Å². The van der Waals surface area contributed by atoms with E-state index in [4.69, 9.17) is 4.74 Å². The third kappa shape index (κ3) is 3.28. The quantitative estimate of drug-likeness (QED) is 0.794. The average molecular weight is 261 g/mol. The molecule has 1 heterocycles. The maximum absolute atomic E-state index is 12.7. The van der Waals surface area contributed by atoms with Crippen molar-refractivity contribution in [1.82, 2.24) is 4.98 Å². The number of esters is 1. The second-order valence-electron chi connectivity index (χ2n) is 3.73. The maximum atomic E-state index is 12.7. The SMILES string of the molecule is COC(=O)c1cccnc1COc1ccc(F)cc1. The number of halogens is 1. The monoisotopic (exact) mass is 261 g/mol. The van der Waals surface area contributed by atoms with Gasteiger partial charge in [0.1, 0.15) is 18.2 Å². The Morgan fingerprint density at radius 3 is 2.68 bits per heavy atom. The Hall–Kier alpha value is -2.43. The van der Waals surface area contributed by atoms with Crippen LogP contribution in [-0.2, 0) is 11.3 Å². The number of aromatic nitrogens is 1. The molecule has 0 saturated carbocycles. The van der Waals surface area contributed by atoms with E-state index in [0.29, 0.717) is 17.0 Å². The molecule has 0 aliphatic heterocycles. The van der Waals surface area contributed by atoms with Gasteiger partial charge in [-0.3, -0.25) is 4.98 Å². The summed E-state index contributed by atoms with van der Waals surface area (Å²) >= 11 is 0. The summed E-state index contributed by atoms with van der Waals surface area (Å²) < 4.78 is 22.8. The number of rotatable bonds is 4. The molecule has 0 atom stereocenters. The molecule has 1 aromatic heterocycles. The molecule has 0 N–H and O–H groups in total. The van der Waals surface area contributed by atoms with E-state index in [9.17, 15) is 9.18 Å². The van der Waals surface area contributed by atoms with Gasteiger partial charge in [0.15, 0.2) is 0 Å². The van der Waals surface area contributed by atoms with Crippen LogP contribution < -0.4 is 4.74 Å². The normalized spacial score (nSPS) is 10.0. The minimum Gasteiger partial charge on any atom is -0.487 e. The highest BCUT2D eigenvalue weighted by atomic mass is 19.1. The van der Waals surface area contributed by atoms with Crippen LogP contribution in [0.15, 0.2) is 42.6 Å². The minimum atomic E-state index is -0.467. The molecule has 0 spiro atoms. The predicted molar refractivity (Wildman–Crippen MR) is 66.3 cm³/mol. The highest BCUT2D eigenvalue weighted by molar-refractivity contribution is 5.90. The molecule has 0 radical (unpaired) electrons. The number of nitrogens with zero attached hydrogens (tertiary/aromatic N) is 1. The average Bonchev–Trinajstić information content (AvgIpc) is 2.46. The van der Waals surface area contributed by atoms with E-state index >= 15 is 0 Å². The van der Waals surface area contributed by atoms with Crippen LogP contribution in [0.1, 0.15) is 16.1 Å². The van der Waals surface area contributed by atoms with Crippen molar-refractivity contribution in [3.8, 4) is 5.75 Å². The maximum Gasteiger partial charge on any atom is 0.339 e. The van der Waals surface area contributed by atoms with E-state index in [1.54, 1.807) is 18.3 Å². The van der Waals surface area contributed by atoms with E-state index in [-0.39, 0.29) is 12.4 Å². The number of carbonyl (C=O) groups excluding carboxylic acids is 1. The molecule has 4 nitrogen and oxygen atoms in total. The Kier molecular flexibility index (Phi) is 4.07. The second-order valence-corrected chi connectivity index (χ2v) is 3.73. The molecule has 0 bridgehead atoms. The largest absolute Gasteiger partial charge is 0.487 e. The molecule has 0 amide bonds. The number of methoxy groups -OCH3 is 1. The summed E-state index contributed by atoms with van der Waals surface area (Å²) in [6.07, 6.45) is 1.57. The molecular formula is C14H12FNO3. The van der Waals surface area contributed by atoms with Crippen molar-refractivity contribution >= 4 is 5.97 Å². The Balaban J connectivity index is 2.11. The molecule has 0 aliphatic carbocycles. The van der Waals surface area contributed by atoms with Gasteiger partial charge in [-0.1, -0.05) is 0 Å². The summed E-state index contributed by atoms with van der Waals surface area (Å²) in [6, 6.07) is 8.88. The van der Waals surface area contributed by atoms with Crippen molar-refractivity contribution in [3.05, 3.63) is 59.7 Å². The molecule has 98 valence electrons. The molecule has 0 fully saturated rings. The predicted octanol–water partition coefficient (Wildman–Crippen LogP) is 2.59. The lowest BCUT2D eigenvalue weighted by Gasteiger charge is -2.08. The minimum absolute atomic E-state index is 0.108. The summed E-state index contributed by atoms with van der Waals surface area (Å²) in [5.74, 6) is -0.297. The van der Waals surface area contributed by atoms with Crippen LogP contribution in [0.25, 0.3) is 0 Å². The molecule has 19 heavy (non-hydrogen) atoms. The van der Waals surface area contributed by atoms with Crippen LogP contribution in [0.2, 0.25) is 0 Å². The number of carbonyl (C=O) groups is 1. The van der Waals surface area contributed by atoms with Gasteiger partial charge in [0, 0.05) is 6.20 Å². The third-order valence-electron chi connectivity index (χ3n) is 2.48. The summed E-state index contributed by atoms with van der Waals surface area (Å²) in [5.41, 5.74) is 0.825. The zero-order valence-electron chi connectivity index (χ0n) is 10.3. The molecule has 2 rings (SSSR count). The van der Waals surface area contributed by atoms with Gasteiger partial charge in [-0.2, -0.15) is 0 Å². The number of hydrogen-bond donors (Lipinski definition) is 0. The number of ether oxygens (including phenoxy) is 2. The highest BCUT2D eigenvalue weighted by Gasteiger charge is 2.12. The molecule has 0 aliphatic rings. The Morgan fingerprint density at radius 2 is 2.00 bits per heavy atom. The van der Waals surface area contributed by atoms with Crippen LogP contribution >= 0.6 is 0 Å². The first-order chi connectivity index (χ1) is 9.20. The highest BCUT2D eigenvalue weighted by Crippen LogP contribution is 2.14. The zero-order chi connectivity index (χ0) is 13.7. The van der Waals surface area contributed by atoms with Crippen LogP contribution in [-0.4, -0.2) is 18.1 Å². The van der Waals surface area contributed by atoms with Gasteiger partial charge < -0.3 is 9.47 Å². The summed E-state index contributed by atoms with van der Waals surface area (Å²) in [4.78, 5) is 15.6. The molecular weight excluding hydrogens is 249 g/mol. The first-order valence-corrected chi connectivity index (χ1v) is 5.61. The van der Waals surface area contributed by atoms with Gasteiger partial charge in [0.2, 0.25) is 0 Å². The Morgan fingerprint density at radius 1 is 1.26 bits per heavy atom. The van der Waals surface area contributed by atoms with Crippen molar-refractivity contribution in [3.63, 3.8) is 0 Å². The molecule has 0 saturated heterocycles. The molecule has 0 unspecified atom stereocenters. The van der Waals surface area contributed by atoms with Gasteiger partial charge in [0.25, 0.3) is 0 Å². The molecule has 2 aromatic rings. The second kappa shape index (κ2) is 5.95. The van der Waals surface area contributed by atoms with Crippen molar-refractivity contribution < 1.29 is 18.7 Å². The fourth-order valence-electron chi connectivity index (χ4n) is 1.53. The van der Waals surface area contributed by atoms with Gasteiger partial charge in [0.05, 0.1) is 18.4 Å². The molecule has 1 aromatic carbocycles. The van der Waals surface area contributed by atoms with Crippen molar-refractivity contribution in [2.24, 2.45) is 0 Å². The zero-order valence-corrected chi connectivity index (χ0v) is 10.3. The van der Waals surface area contributed by atoms with E-state index in [0.717, 1.165) is 0 Å². The standard InChI is InChI=1S/C14H12FNO3/c1-18-14(17)12-3-2-8-16-13(12)9-19-11-6-4-10(15)5-7-11/h2-8H,9H2,1H3. The first kappa shape index (κ1) is 13.0. The van der Waals surface area contributed by atoms with Gasteiger partial charge in [-0.15, -0.1) is 0 Å². The van der Waals surface area contributed by atoms with Crippen LogP contribution in [0.5, 0.6) is 5.75 Å². The lowest BCUT2D eigenvalue weighted by atomic mass is 10.2. The van der Waals surface area contributed by atoms with Crippen LogP contribution in [0.4, 0.5) is 4.39 Å². The Bertz CT molecular complexity index is 569. The summed E-state index contributed by atoms with van der Waals surface area (Å²) in [6.45, 7) is 0.108. The van der Waals surface area contributed by atoms with E-state index in [1.807, 2.05) is 0 Å². The van der Waals surface area contributed by atoms with Crippen LogP contribution in [0.3, 0.4) is 0 Å². The van der Waals surface area contributed by atoms with Gasteiger partial charge in [-0.05, 0) is 36.4 Å². The van der Waals surface area contributed by atoms with Crippen molar-refractivity contribution in [2.75, 3.05) is 7.11 Å². The van der Waals surface area contributed by atoms with Crippen LogP contribution in [0, 0.1) is 5.82 Å². The van der Waals surface area contributed by atoms with E-state index in [2.05, 4.69) is 9.72 Å². The first-order valence-electron chi connectivity index (χ1n) is 5.61. The lowest BCUT2D eigenvalue weighted by Crippen LogP contribution is -2.09. The summed E-state index contributed by atoms with van der Waals surface area (Å²) in [5, 5.41) is 0. The Labute approximate surface area is 109 Å². The topological polar surface area (TPSA) is 48.4 Å². The van der Waals surface area contributed by atoms with Gasteiger partial charge >= 0.3 is 5.97 Å². The lowest BCUT2D eigenvalue weighted by molar-refractivity contribution is 0.0597. The third-order valence-corrected chi connectivity index (χ3v) is 2.48. The van der Waals surface area contributed by atoms with Crippen molar-refractivity contribution in [1.29, 1.82) is 0 Å². The number of pyridine rings is 1. The van der Waals surface area contributed by atoms with Crippen molar-refractivity contribution in [2.45, 2.75) is 6.61 Å². The van der Waals surface area contributed by atoms with E-state index < -0.39 is 5.97 Å². The number of benzene rings is 1. The fourth-order valence-corrected chi connectivity index (χ4v) is 1.53. The van der Waals surface area contributed by atoms with Gasteiger partial charge in [-0.25, -0.2) is 9.18 Å². The smallest absolute Gasteiger partial charge is 0.339 e. The number of hydrogen-bond acceptors (Lipinski definition) is 4. The summed E-state index contributed by atoms with van der Waals surface area (Å²) in [7, 11) is 1.31. The molecule has 5 heteroatoms. The fraction of sp³-hybridized carbons (Fsp3) is 0.143.